The van der Waals surface area contributed by atoms with Crippen LogP contribution in [0.2, 0.25) is 0 Å². The third-order valence-corrected chi connectivity index (χ3v) is 3.56. The minimum absolute atomic E-state index is 0.334. The van der Waals surface area contributed by atoms with Crippen LogP contribution in [0.25, 0.3) is 0 Å². The van der Waals surface area contributed by atoms with Crippen LogP contribution in [0.5, 0.6) is 0 Å². The zero-order chi connectivity index (χ0) is 7.62. The average molecular weight is 142 g/mol. The number of halogens is 1. The molecule has 0 nitrogen and oxygen atoms in total. The molecule has 1 heteroatoms. The Labute approximate surface area is 61.8 Å². The highest BCUT2D eigenvalue weighted by Gasteiger charge is 2.72. The summed E-state index contributed by atoms with van der Waals surface area (Å²) in [6.07, 6.45) is 2.51. The molecule has 58 valence electrons. The maximum absolute atomic E-state index is 13.0. The summed E-state index contributed by atoms with van der Waals surface area (Å²) in [7, 11) is 0. The zero-order valence-corrected chi connectivity index (χ0v) is 7.00. The van der Waals surface area contributed by atoms with Crippen LogP contribution in [0.4, 0.5) is 4.39 Å². The van der Waals surface area contributed by atoms with Crippen molar-refractivity contribution in [2.75, 3.05) is 0 Å². The summed E-state index contributed by atoms with van der Waals surface area (Å²) < 4.78 is 13.0. The highest BCUT2D eigenvalue weighted by molar-refractivity contribution is 5.22. The van der Waals surface area contributed by atoms with Gasteiger partial charge in [0.25, 0.3) is 0 Å². The van der Waals surface area contributed by atoms with E-state index in [1.165, 1.54) is 0 Å². The normalized spacial score (nSPS) is 51.6. The maximum atomic E-state index is 13.0. The van der Waals surface area contributed by atoms with E-state index in [2.05, 4.69) is 20.8 Å². The fourth-order valence-corrected chi connectivity index (χ4v) is 2.46. The molecule has 0 amide bonds. The van der Waals surface area contributed by atoms with Gasteiger partial charge in [-0.05, 0) is 30.1 Å². The lowest BCUT2D eigenvalue weighted by Crippen LogP contribution is -2.69. The van der Waals surface area contributed by atoms with Crippen LogP contribution in [-0.2, 0) is 0 Å². The molecule has 0 heterocycles. The van der Waals surface area contributed by atoms with Crippen LogP contribution in [0.15, 0.2) is 0 Å². The van der Waals surface area contributed by atoms with Crippen molar-refractivity contribution in [3.8, 4) is 0 Å². The Bertz CT molecular complexity index is 156. The average Bonchev–Trinajstić information content (AvgIpc) is 1.51. The molecular formula is C9H15F. The molecule has 0 aromatic rings. The Balaban J connectivity index is 2.11. The van der Waals surface area contributed by atoms with E-state index in [1.807, 2.05) is 0 Å². The zero-order valence-electron chi connectivity index (χ0n) is 7.00. The number of alkyl halides is 1. The van der Waals surface area contributed by atoms with E-state index in [9.17, 15) is 4.39 Å². The van der Waals surface area contributed by atoms with E-state index < -0.39 is 5.67 Å². The van der Waals surface area contributed by atoms with Crippen LogP contribution < -0.4 is 0 Å². The Hall–Kier alpha value is -0.0700. The monoisotopic (exact) mass is 142 g/mol. The van der Waals surface area contributed by atoms with Gasteiger partial charge in [0.2, 0.25) is 0 Å². The molecule has 0 atom stereocenters. The molecule has 0 saturated heterocycles. The van der Waals surface area contributed by atoms with Crippen molar-refractivity contribution in [3.63, 3.8) is 0 Å². The molecule has 0 unspecified atom stereocenters. The number of hydrogen-bond donors (Lipinski definition) is 0. The van der Waals surface area contributed by atoms with E-state index in [1.54, 1.807) is 0 Å². The summed E-state index contributed by atoms with van der Waals surface area (Å²) >= 11 is 0. The van der Waals surface area contributed by atoms with Crippen molar-refractivity contribution < 1.29 is 4.39 Å². The molecule has 0 aromatic carbocycles. The number of hydrogen-bond acceptors (Lipinski definition) is 0. The first-order chi connectivity index (χ1) is 4.37. The van der Waals surface area contributed by atoms with Gasteiger partial charge in [0.1, 0.15) is 5.67 Å². The van der Waals surface area contributed by atoms with Gasteiger partial charge in [-0.2, -0.15) is 0 Å². The van der Waals surface area contributed by atoms with Crippen molar-refractivity contribution in [2.45, 2.75) is 45.7 Å². The molecule has 0 spiro atoms. The predicted molar refractivity (Wildman–Crippen MR) is 39.6 cm³/mol. The Morgan fingerprint density at radius 3 is 1.60 bits per heavy atom. The van der Waals surface area contributed by atoms with Crippen LogP contribution in [0.3, 0.4) is 0 Å². The van der Waals surface area contributed by atoms with E-state index in [4.69, 9.17) is 0 Å². The Morgan fingerprint density at radius 2 is 1.50 bits per heavy atom. The number of rotatable bonds is 0. The van der Waals surface area contributed by atoms with Crippen LogP contribution in [0.1, 0.15) is 40.0 Å². The van der Waals surface area contributed by atoms with Crippen LogP contribution in [-0.4, -0.2) is 5.67 Å². The molecule has 3 rings (SSSR count). The van der Waals surface area contributed by atoms with Gasteiger partial charge in [0, 0.05) is 0 Å². The standard InChI is InChI=1S/C9H15F/c1-7(2,3)8-4-9(10,5-8)6-8/h4-6H2,1-3H3/t8-,9+. The lowest BCUT2D eigenvalue weighted by Gasteiger charge is -2.71. The molecule has 2 bridgehead atoms. The lowest BCUT2D eigenvalue weighted by molar-refractivity contribution is -0.263. The molecular weight excluding hydrogens is 127 g/mol. The quantitative estimate of drug-likeness (QED) is 0.488. The first kappa shape index (κ1) is 6.63. The van der Waals surface area contributed by atoms with Crippen molar-refractivity contribution in [1.82, 2.24) is 0 Å². The van der Waals surface area contributed by atoms with Gasteiger partial charge in [0.05, 0.1) is 0 Å². The summed E-state index contributed by atoms with van der Waals surface area (Å²) in [5.74, 6) is 0. The Morgan fingerprint density at radius 1 is 1.10 bits per heavy atom. The van der Waals surface area contributed by atoms with Gasteiger partial charge >= 0.3 is 0 Å². The smallest absolute Gasteiger partial charge is 0.112 e. The third-order valence-electron chi connectivity index (χ3n) is 3.56. The van der Waals surface area contributed by atoms with Gasteiger partial charge in [0.15, 0.2) is 0 Å². The van der Waals surface area contributed by atoms with Gasteiger partial charge in [-0.15, -0.1) is 0 Å². The van der Waals surface area contributed by atoms with Crippen molar-refractivity contribution in [1.29, 1.82) is 0 Å². The molecule has 0 radical (unpaired) electrons. The van der Waals surface area contributed by atoms with Gasteiger partial charge in [-0.1, -0.05) is 20.8 Å². The highest BCUT2D eigenvalue weighted by atomic mass is 19.1. The lowest BCUT2D eigenvalue weighted by atomic mass is 9.35. The summed E-state index contributed by atoms with van der Waals surface area (Å²) in [6.45, 7) is 6.68. The molecule has 0 N–H and O–H groups in total. The molecule has 10 heavy (non-hydrogen) atoms. The molecule has 0 aromatic heterocycles. The fraction of sp³-hybridized carbons (Fsp3) is 1.00. The highest BCUT2D eigenvalue weighted by Crippen LogP contribution is 2.75. The Kier molecular flexibility index (Phi) is 0.850. The maximum Gasteiger partial charge on any atom is 0.112 e. The second-order valence-corrected chi connectivity index (χ2v) is 5.21. The van der Waals surface area contributed by atoms with Gasteiger partial charge < -0.3 is 0 Å². The van der Waals surface area contributed by atoms with E-state index in [-0.39, 0.29) is 0 Å². The minimum atomic E-state index is -0.715. The van der Waals surface area contributed by atoms with Crippen molar-refractivity contribution in [3.05, 3.63) is 0 Å². The van der Waals surface area contributed by atoms with E-state index in [0.29, 0.717) is 10.8 Å². The third kappa shape index (κ3) is 0.525. The largest absolute Gasteiger partial charge is 0.244 e. The van der Waals surface area contributed by atoms with E-state index >= 15 is 0 Å². The molecule has 3 aliphatic carbocycles. The van der Waals surface area contributed by atoms with E-state index in [0.717, 1.165) is 19.3 Å². The topological polar surface area (TPSA) is 0 Å². The summed E-state index contributed by atoms with van der Waals surface area (Å²) in [5, 5.41) is 0. The minimum Gasteiger partial charge on any atom is -0.244 e. The summed E-state index contributed by atoms with van der Waals surface area (Å²) in [6, 6.07) is 0. The molecule has 3 saturated carbocycles. The molecule has 3 fully saturated rings. The molecule has 3 aliphatic rings. The van der Waals surface area contributed by atoms with Crippen LogP contribution in [0, 0.1) is 10.8 Å². The summed E-state index contributed by atoms with van der Waals surface area (Å²) in [4.78, 5) is 0. The summed E-state index contributed by atoms with van der Waals surface area (Å²) in [5.41, 5.74) is 0.00979. The van der Waals surface area contributed by atoms with Crippen LogP contribution >= 0.6 is 0 Å². The predicted octanol–water partition coefficient (Wildman–Crippen LogP) is 2.92. The first-order valence-electron chi connectivity index (χ1n) is 4.06. The second-order valence-electron chi connectivity index (χ2n) is 5.21. The fourth-order valence-electron chi connectivity index (χ4n) is 2.46. The first-order valence-corrected chi connectivity index (χ1v) is 4.06. The van der Waals surface area contributed by atoms with Crippen molar-refractivity contribution in [2.24, 2.45) is 10.8 Å². The van der Waals surface area contributed by atoms with Gasteiger partial charge in [-0.3, -0.25) is 0 Å². The second kappa shape index (κ2) is 1.28. The van der Waals surface area contributed by atoms with Gasteiger partial charge in [-0.25, -0.2) is 4.39 Å². The molecule has 0 aliphatic heterocycles. The SMILES string of the molecule is CC(C)(C)[C@]12C[C@](F)(C1)C2. The van der Waals surface area contributed by atoms with Crippen molar-refractivity contribution >= 4 is 0 Å².